The Bertz CT molecular complexity index is 507. The van der Waals surface area contributed by atoms with Gasteiger partial charge in [0.2, 0.25) is 0 Å². The maximum Gasteiger partial charge on any atom is 0.157 e. The zero-order valence-electron chi connectivity index (χ0n) is 7.96. The molecule has 4 heteroatoms. The van der Waals surface area contributed by atoms with E-state index in [1.807, 2.05) is 6.07 Å². The van der Waals surface area contributed by atoms with E-state index in [2.05, 4.69) is 10.3 Å². The summed E-state index contributed by atoms with van der Waals surface area (Å²) in [6.45, 7) is 0.769. The summed E-state index contributed by atoms with van der Waals surface area (Å²) in [5.74, 6) is 0.409. The van der Waals surface area contributed by atoms with Crippen molar-refractivity contribution in [1.29, 1.82) is 0 Å². The van der Waals surface area contributed by atoms with Crippen molar-refractivity contribution in [3.05, 3.63) is 36.0 Å². The van der Waals surface area contributed by atoms with Gasteiger partial charge in [0, 0.05) is 18.2 Å². The highest BCUT2D eigenvalue weighted by atomic mass is 19.1. The van der Waals surface area contributed by atoms with Crippen molar-refractivity contribution >= 4 is 5.69 Å². The summed E-state index contributed by atoms with van der Waals surface area (Å²) in [6.07, 6.45) is 3.72. The Kier molecular flexibility index (Phi) is 1.74. The number of hydrogen-bond donors (Lipinski definition) is 1. The molecule has 0 atom stereocenters. The summed E-state index contributed by atoms with van der Waals surface area (Å²) in [6, 6.07) is 3.37. The first kappa shape index (κ1) is 8.47. The van der Waals surface area contributed by atoms with Crippen molar-refractivity contribution in [2.45, 2.75) is 6.42 Å². The first-order valence-corrected chi connectivity index (χ1v) is 4.81. The number of hydrogen-bond acceptors (Lipinski definition) is 3. The number of anilines is 1. The van der Waals surface area contributed by atoms with Crippen LogP contribution in [-0.4, -0.2) is 11.5 Å². The third-order valence-electron chi connectivity index (χ3n) is 2.53. The van der Waals surface area contributed by atoms with Crippen molar-refractivity contribution in [1.82, 2.24) is 4.98 Å². The maximum absolute atomic E-state index is 13.0. The van der Waals surface area contributed by atoms with Gasteiger partial charge in [-0.2, -0.15) is 0 Å². The summed E-state index contributed by atoms with van der Waals surface area (Å²) >= 11 is 0. The topological polar surface area (TPSA) is 38.1 Å². The minimum Gasteiger partial charge on any atom is -0.462 e. The highest BCUT2D eigenvalue weighted by Gasteiger charge is 2.18. The molecule has 3 heterocycles. The largest absolute Gasteiger partial charge is 0.462 e. The van der Waals surface area contributed by atoms with Gasteiger partial charge in [-0.3, -0.25) is 0 Å². The van der Waals surface area contributed by atoms with Crippen LogP contribution in [0.15, 0.2) is 29.0 Å². The fourth-order valence-electron chi connectivity index (χ4n) is 1.83. The highest BCUT2D eigenvalue weighted by molar-refractivity contribution is 5.74. The van der Waals surface area contributed by atoms with Crippen LogP contribution in [0.5, 0.6) is 0 Å². The van der Waals surface area contributed by atoms with Crippen LogP contribution < -0.4 is 5.32 Å². The van der Waals surface area contributed by atoms with Crippen molar-refractivity contribution < 1.29 is 8.81 Å². The molecule has 2 aromatic heterocycles. The van der Waals surface area contributed by atoms with Crippen LogP contribution in [0.4, 0.5) is 10.1 Å². The quantitative estimate of drug-likeness (QED) is 0.716. The van der Waals surface area contributed by atoms with Gasteiger partial charge in [-0.1, -0.05) is 0 Å². The molecule has 15 heavy (non-hydrogen) atoms. The van der Waals surface area contributed by atoms with E-state index < -0.39 is 0 Å². The molecule has 0 bridgehead atoms. The number of fused-ring (bicyclic) bond motifs is 3. The van der Waals surface area contributed by atoms with Crippen molar-refractivity contribution in [2.24, 2.45) is 0 Å². The summed E-state index contributed by atoms with van der Waals surface area (Å²) in [4.78, 5) is 4.06. The van der Waals surface area contributed by atoms with Crippen LogP contribution in [0.3, 0.4) is 0 Å². The second-order valence-corrected chi connectivity index (χ2v) is 3.50. The molecule has 0 amide bonds. The van der Waals surface area contributed by atoms with Crippen molar-refractivity contribution in [3.63, 3.8) is 0 Å². The fraction of sp³-hybridized carbons (Fsp3) is 0.182. The predicted molar refractivity (Wildman–Crippen MR) is 54.1 cm³/mol. The summed E-state index contributed by atoms with van der Waals surface area (Å²) < 4.78 is 18.4. The molecule has 0 saturated carbocycles. The zero-order chi connectivity index (χ0) is 10.3. The zero-order valence-corrected chi connectivity index (χ0v) is 7.96. The lowest BCUT2D eigenvalue weighted by Crippen LogP contribution is -2.02. The molecule has 3 nitrogen and oxygen atoms in total. The third-order valence-corrected chi connectivity index (χ3v) is 2.53. The first-order valence-electron chi connectivity index (χ1n) is 4.81. The minimum atomic E-state index is -0.337. The molecule has 0 unspecified atom stereocenters. The molecule has 0 aromatic carbocycles. The van der Waals surface area contributed by atoms with Crippen LogP contribution in [-0.2, 0) is 6.42 Å². The Morgan fingerprint density at radius 2 is 2.40 bits per heavy atom. The molecule has 1 aliphatic heterocycles. The van der Waals surface area contributed by atoms with E-state index in [1.54, 1.807) is 6.26 Å². The van der Waals surface area contributed by atoms with Crippen LogP contribution in [0.25, 0.3) is 11.5 Å². The van der Waals surface area contributed by atoms with Crippen LogP contribution in [0.2, 0.25) is 0 Å². The first-order chi connectivity index (χ1) is 7.34. The number of aromatic nitrogens is 1. The third kappa shape index (κ3) is 1.29. The SMILES string of the molecule is Fc1cnc2c(c1)NCCc1ccoc1-2. The summed E-state index contributed by atoms with van der Waals surface area (Å²) in [5.41, 5.74) is 2.50. The monoisotopic (exact) mass is 204 g/mol. The van der Waals surface area contributed by atoms with E-state index in [4.69, 9.17) is 4.42 Å². The lowest BCUT2D eigenvalue weighted by Gasteiger charge is -2.05. The van der Waals surface area contributed by atoms with Gasteiger partial charge in [-0.05, 0) is 12.5 Å². The molecule has 2 aromatic rings. The van der Waals surface area contributed by atoms with Gasteiger partial charge in [0.1, 0.15) is 11.5 Å². The molecule has 0 fully saturated rings. The van der Waals surface area contributed by atoms with Crippen LogP contribution >= 0.6 is 0 Å². The van der Waals surface area contributed by atoms with Crippen LogP contribution in [0, 0.1) is 5.82 Å². The van der Waals surface area contributed by atoms with E-state index in [9.17, 15) is 4.39 Å². The summed E-state index contributed by atoms with van der Waals surface area (Å²) in [5, 5.41) is 3.14. The van der Waals surface area contributed by atoms with Gasteiger partial charge in [-0.15, -0.1) is 0 Å². The molecule has 1 aliphatic rings. The normalized spacial score (nSPS) is 13.7. The average Bonchev–Trinajstić information content (AvgIpc) is 2.61. The Balaban J connectivity index is 2.25. The number of pyridine rings is 1. The Morgan fingerprint density at radius 3 is 3.33 bits per heavy atom. The fourth-order valence-corrected chi connectivity index (χ4v) is 1.83. The molecule has 0 saturated heterocycles. The molecule has 76 valence electrons. The second-order valence-electron chi connectivity index (χ2n) is 3.50. The van der Waals surface area contributed by atoms with E-state index in [0.29, 0.717) is 11.4 Å². The Labute approximate surface area is 85.9 Å². The van der Waals surface area contributed by atoms with Crippen LogP contribution in [0.1, 0.15) is 5.56 Å². The number of rotatable bonds is 0. The summed E-state index contributed by atoms with van der Waals surface area (Å²) in [7, 11) is 0. The van der Waals surface area contributed by atoms with Gasteiger partial charge < -0.3 is 9.73 Å². The molecule has 3 rings (SSSR count). The van der Waals surface area contributed by atoms with E-state index in [-0.39, 0.29) is 5.82 Å². The van der Waals surface area contributed by atoms with Gasteiger partial charge in [0.25, 0.3) is 0 Å². The lowest BCUT2D eigenvalue weighted by molar-refractivity contribution is 0.577. The van der Waals surface area contributed by atoms with Gasteiger partial charge >= 0.3 is 0 Å². The minimum absolute atomic E-state index is 0.337. The van der Waals surface area contributed by atoms with Crippen molar-refractivity contribution in [2.75, 3.05) is 11.9 Å². The predicted octanol–water partition coefficient (Wildman–Crippen LogP) is 2.45. The van der Waals surface area contributed by atoms with Gasteiger partial charge in [0.15, 0.2) is 5.76 Å². The van der Waals surface area contributed by atoms with Gasteiger partial charge in [0.05, 0.1) is 18.1 Å². The number of furan rings is 1. The molecule has 1 N–H and O–H groups in total. The molecular weight excluding hydrogens is 195 g/mol. The number of halogens is 1. The smallest absolute Gasteiger partial charge is 0.157 e. The van der Waals surface area contributed by atoms with E-state index >= 15 is 0 Å². The maximum atomic E-state index is 13.0. The number of nitrogens with one attached hydrogen (secondary N) is 1. The van der Waals surface area contributed by atoms with Crippen molar-refractivity contribution in [3.8, 4) is 11.5 Å². The molecule has 0 radical (unpaired) electrons. The average molecular weight is 204 g/mol. The van der Waals surface area contributed by atoms with Gasteiger partial charge in [-0.25, -0.2) is 9.37 Å². The molecule has 0 aliphatic carbocycles. The lowest BCUT2D eigenvalue weighted by atomic mass is 10.1. The Morgan fingerprint density at radius 1 is 1.47 bits per heavy atom. The standard InChI is InChI=1S/C11H9FN2O/c12-8-5-9-10(14-6-8)11-7(1-3-13-9)2-4-15-11/h2,4-6,13H,1,3H2. The molecular formula is C11H9FN2O. The highest BCUT2D eigenvalue weighted by Crippen LogP contribution is 2.32. The molecule has 0 spiro atoms. The van der Waals surface area contributed by atoms with E-state index in [0.717, 1.165) is 24.3 Å². The Hall–Kier alpha value is -1.84. The van der Waals surface area contributed by atoms with E-state index in [1.165, 1.54) is 12.3 Å². The second kappa shape index (κ2) is 3.08. The number of nitrogens with zero attached hydrogens (tertiary/aromatic N) is 1.